The van der Waals surface area contributed by atoms with Gasteiger partial charge in [-0.05, 0) is 32.4 Å². The van der Waals surface area contributed by atoms with Gasteiger partial charge in [0.2, 0.25) is 5.82 Å². The molecule has 100 valence electrons. The first-order chi connectivity index (χ1) is 8.53. The summed E-state index contributed by atoms with van der Waals surface area (Å²) in [5, 5.41) is 3.63. The lowest BCUT2D eigenvalue weighted by Gasteiger charge is -2.28. The average Bonchev–Trinajstić information content (AvgIpc) is 2.77. The molecule has 1 aromatic rings. The maximum atomic E-state index is 14.3. The molecular weight excluding hydrogens is 257 g/mol. The Hall–Kier alpha value is -1.00. The van der Waals surface area contributed by atoms with Crippen molar-refractivity contribution in [1.29, 1.82) is 0 Å². The lowest BCUT2D eigenvalue weighted by molar-refractivity contribution is 0.330. The molecule has 0 amide bonds. The van der Waals surface area contributed by atoms with E-state index in [0.717, 1.165) is 24.9 Å². The Labute approximate surface area is 111 Å². The first-order valence-corrected chi connectivity index (χ1v) is 6.27. The van der Waals surface area contributed by atoms with Crippen LogP contribution in [0.15, 0.2) is 6.07 Å². The van der Waals surface area contributed by atoms with Crippen LogP contribution in [0.5, 0.6) is 11.5 Å². The van der Waals surface area contributed by atoms with Crippen LogP contribution in [0.1, 0.15) is 25.3 Å². The quantitative estimate of drug-likeness (QED) is 0.918. The molecule has 0 bridgehead atoms. The second kappa shape index (κ2) is 4.94. The lowest BCUT2D eigenvalue weighted by Crippen LogP contribution is -2.33. The second-order valence-corrected chi connectivity index (χ2v) is 5.06. The minimum atomic E-state index is -0.544. The summed E-state index contributed by atoms with van der Waals surface area (Å²) in [6.45, 7) is 2.94. The van der Waals surface area contributed by atoms with Gasteiger partial charge in [-0.15, -0.1) is 0 Å². The summed E-state index contributed by atoms with van der Waals surface area (Å²) in [6.07, 6.45) is 1.97. The molecule has 1 aromatic carbocycles. The van der Waals surface area contributed by atoms with E-state index in [0.29, 0.717) is 0 Å². The van der Waals surface area contributed by atoms with E-state index < -0.39 is 5.82 Å². The predicted octanol–water partition coefficient (Wildman–Crippen LogP) is 3.09. The zero-order chi connectivity index (χ0) is 13.3. The molecule has 2 rings (SSSR count). The smallest absolute Gasteiger partial charge is 0.208 e. The van der Waals surface area contributed by atoms with E-state index in [1.165, 1.54) is 14.2 Å². The van der Waals surface area contributed by atoms with Crippen molar-refractivity contribution < 1.29 is 13.9 Å². The van der Waals surface area contributed by atoms with Crippen molar-refractivity contribution in [3.8, 4) is 11.5 Å². The van der Waals surface area contributed by atoms with Gasteiger partial charge in [0.05, 0.1) is 19.2 Å². The molecule has 0 spiro atoms. The third-order valence-corrected chi connectivity index (χ3v) is 3.78. The number of methoxy groups -OCH3 is 2. The molecule has 1 aliphatic rings. The Bertz CT molecular complexity index is 459. The molecule has 0 saturated carbocycles. The summed E-state index contributed by atoms with van der Waals surface area (Å²) >= 11 is 6.06. The van der Waals surface area contributed by atoms with E-state index in [2.05, 4.69) is 5.32 Å². The van der Waals surface area contributed by atoms with Gasteiger partial charge < -0.3 is 14.8 Å². The Morgan fingerprint density at radius 3 is 2.50 bits per heavy atom. The number of benzene rings is 1. The van der Waals surface area contributed by atoms with E-state index in [4.69, 9.17) is 21.1 Å². The van der Waals surface area contributed by atoms with Crippen LogP contribution >= 0.6 is 11.6 Å². The molecule has 0 radical (unpaired) electrons. The molecule has 0 aromatic heterocycles. The minimum Gasteiger partial charge on any atom is -0.493 e. The number of hydrogen-bond acceptors (Lipinski definition) is 3. The maximum absolute atomic E-state index is 14.3. The monoisotopic (exact) mass is 273 g/mol. The van der Waals surface area contributed by atoms with Crippen molar-refractivity contribution in [1.82, 2.24) is 5.32 Å². The molecule has 1 unspecified atom stereocenters. The van der Waals surface area contributed by atoms with Gasteiger partial charge in [-0.25, -0.2) is 0 Å². The third-order valence-electron chi connectivity index (χ3n) is 3.50. The van der Waals surface area contributed by atoms with E-state index in [9.17, 15) is 4.39 Å². The first-order valence-electron chi connectivity index (χ1n) is 5.89. The van der Waals surface area contributed by atoms with Crippen LogP contribution in [0.3, 0.4) is 0 Å². The molecule has 1 atom stereocenters. The normalized spacial score (nSPS) is 23.2. The van der Waals surface area contributed by atoms with Crippen molar-refractivity contribution >= 4 is 11.6 Å². The Morgan fingerprint density at radius 2 is 2.00 bits per heavy atom. The summed E-state index contributed by atoms with van der Waals surface area (Å²) in [4.78, 5) is 0. The number of halogens is 2. The number of hydrogen-bond donors (Lipinski definition) is 1. The van der Waals surface area contributed by atoms with Gasteiger partial charge in [0, 0.05) is 11.1 Å². The summed E-state index contributed by atoms with van der Waals surface area (Å²) < 4.78 is 24.4. The highest BCUT2D eigenvalue weighted by molar-refractivity contribution is 6.32. The molecule has 1 aliphatic heterocycles. The van der Waals surface area contributed by atoms with Gasteiger partial charge in [-0.3, -0.25) is 0 Å². The Balaban J connectivity index is 2.60. The average molecular weight is 274 g/mol. The van der Waals surface area contributed by atoms with Crippen molar-refractivity contribution in [2.24, 2.45) is 0 Å². The molecule has 5 heteroatoms. The third kappa shape index (κ3) is 2.04. The van der Waals surface area contributed by atoms with Crippen LogP contribution in [-0.4, -0.2) is 20.8 Å². The lowest BCUT2D eigenvalue weighted by atomic mass is 9.89. The van der Waals surface area contributed by atoms with E-state index in [1.54, 1.807) is 6.07 Å². The summed E-state index contributed by atoms with van der Waals surface area (Å²) in [7, 11) is 2.84. The minimum absolute atomic E-state index is 0.0267. The van der Waals surface area contributed by atoms with Crippen LogP contribution in [0.4, 0.5) is 4.39 Å². The molecule has 1 fully saturated rings. The summed E-state index contributed by atoms with van der Waals surface area (Å²) in [6, 6.07) is 1.72. The van der Waals surface area contributed by atoms with Gasteiger partial charge >= 0.3 is 0 Å². The number of nitrogens with one attached hydrogen (secondary N) is 1. The molecule has 18 heavy (non-hydrogen) atoms. The summed E-state index contributed by atoms with van der Waals surface area (Å²) in [5.41, 5.74) is 0.438. The Morgan fingerprint density at radius 1 is 1.33 bits per heavy atom. The molecule has 1 N–H and O–H groups in total. The highest BCUT2D eigenvalue weighted by Gasteiger charge is 2.35. The second-order valence-electron chi connectivity index (χ2n) is 4.65. The molecule has 1 saturated heterocycles. The largest absolute Gasteiger partial charge is 0.493 e. The van der Waals surface area contributed by atoms with Crippen LogP contribution < -0.4 is 14.8 Å². The SMILES string of the molecule is COc1c(Cl)cc(C2(C)CCCN2)c(OC)c1F. The topological polar surface area (TPSA) is 30.5 Å². The highest BCUT2D eigenvalue weighted by atomic mass is 35.5. The van der Waals surface area contributed by atoms with Crippen molar-refractivity contribution in [3.63, 3.8) is 0 Å². The summed E-state index contributed by atoms with van der Waals surface area (Å²) in [5.74, 6) is -0.315. The van der Waals surface area contributed by atoms with Gasteiger partial charge in [0.1, 0.15) is 0 Å². The van der Waals surface area contributed by atoms with Crippen LogP contribution in [-0.2, 0) is 5.54 Å². The fraction of sp³-hybridized carbons (Fsp3) is 0.538. The number of rotatable bonds is 3. The first kappa shape index (κ1) is 13.4. The molecule has 0 aliphatic carbocycles. The standard InChI is InChI=1S/C13H17ClFNO2/c1-13(5-4-6-16-13)8-7-9(14)12(18-3)10(15)11(8)17-2/h7,16H,4-6H2,1-3H3. The molecular formula is C13H17ClFNO2. The molecule has 3 nitrogen and oxygen atoms in total. The van der Waals surface area contributed by atoms with Gasteiger partial charge in [-0.2, -0.15) is 4.39 Å². The van der Waals surface area contributed by atoms with E-state index >= 15 is 0 Å². The van der Waals surface area contributed by atoms with Crippen molar-refractivity contribution in [2.75, 3.05) is 20.8 Å². The Kier molecular flexibility index (Phi) is 3.69. The number of ether oxygens (including phenoxy) is 2. The van der Waals surface area contributed by atoms with Crippen molar-refractivity contribution in [2.45, 2.75) is 25.3 Å². The van der Waals surface area contributed by atoms with E-state index in [1.807, 2.05) is 6.92 Å². The zero-order valence-corrected chi connectivity index (χ0v) is 11.5. The fourth-order valence-corrected chi connectivity index (χ4v) is 2.77. The van der Waals surface area contributed by atoms with Gasteiger partial charge in [-0.1, -0.05) is 11.6 Å². The fourth-order valence-electron chi connectivity index (χ4n) is 2.51. The zero-order valence-electron chi connectivity index (χ0n) is 10.8. The predicted molar refractivity (Wildman–Crippen MR) is 69.1 cm³/mol. The van der Waals surface area contributed by atoms with Crippen molar-refractivity contribution in [3.05, 3.63) is 22.5 Å². The van der Waals surface area contributed by atoms with Gasteiger partial charge in [0.25, 0.3) is 0 Å². The molecule has 1 heterocycles. The van der Waals surface area contributed by atoms with Crippen LogP contribution in [0, 0.1) is 5.82 Å². The maximum Gasteiger partial charge on any atom is 0.208 e. The van der Waals surface area contributed by atoms with Crippen LogP contribution in [0.2, 0.25) is 5.02 Å². The van der Waals surface area contributed by atoms with Crippen LogP contribution in [0.25, 0.3) is 0 Å². The van der Waals surface area contributed by atoms with E-state index in [-0.39, 0.29) is 22.1 Å². The van der Waals surface area contributed by atoms with Gasteiger partial charge in [0.15, 0.2) is 11.5 Å². The highest BCUT2D eigenvalue weighted by Crippen LogP contribution is 2.43.